The van der Waals surface area contributed by atoms with Crippen molar-refractivity contribution >= 4 is 23.6 Å². The zero-order valence-corrected chi connectivity index (χ0v) is 18.8. The number of amides is 1. The number of nitrogens with one attached hydrogen (secondary N) is 2. The minimum atomic E-state index is 0.306. The molecule has 0 radical (unpaired) electrons. The van der Waals surface area contributed by atoms with Crippen molar-refractivity contribution < 1.29 is 4.79 Å². The molecule has 0 spiro atoms. The van der Waals surface area contributed by atoms with Crippen molar-refractivity contribution in [2.75, 3.05) is 44.7 Å². The third-order valence-corrected chi connectivity index (χ3v) is 5.70. The summed E-state index contributed by atoms with van der Waals surface area (Å²) in [4.78, 5) is 18.8. The first-order valence-electron chi connectivity index (χ1n) is 10.9. The van der Waals surface area contributed by atoms with Gasteiger partial charge in [0.1, 0.15) is 12.2 Å². The van der Waals surface area contributed by atoms with Crippen LogP contribution in [0.3, 0.4) is 0 Å². The van der Waals surface area contributed by atoms with Crippen LogP contribution in [0.15, 0.2) is 11.3 Å². The van der Waals surface area contributed by atoms with Crippen LogP contribution in [0.2, 0.25) is 0 Å². The first-order valence-corrected chi connectivity index (χ1v) is 12.3. The molecular weight excluding hydrogens is 386 g/mol. The zero-order chi connectivity index (χ0) is 20.7. The van der Waals surface area contributed by atoms with Crippen molar-refractivity contribution in [2.24, 2.45) is 4.99 Å². The summed E-state index contributed by atoms with van der Waals surface area (Å²) >= 11 is 1.86. The van der Waals surface area contributed by atoms with Crippen LogP contribution in [-0.2, 0) is 17.8 Å². The molecule has 0 bridgehead atoms. The number of aromatic nitrogens is 3. The summed E-state index contributed by atoms with van der Waals surface area (Å²) < 4.78 is 2.07. The Balaban J connectivity index is 1.77. The van der Waals surface area contributed by atoms with Crippen molar-refractivity contribution in [2.45, 2.75) is 58.4 Å². The van der Waals surface area contributed by atoms with Crippen molar-refractivity contribution in [1.29, 1.82) is 0 Å². The predicted octanol–water partition coefficient (Wildman–Crippen LogP) is 1.92. The molecule has 1 aliphatic heterocycles. The molecule has 1 aromatic rings. The number of guanidine groups is 1. The Labute approximate surface area is 179 Å². The van der Waals surface area contributed by atoms with E-state index in [1.165, 1.54) is 6.42 Å². The summed E-state index contributed by atoms with van der Waals surface area (Å²) in [6.45, 7) is 7.00. The van der Waals surface area contributed by atoms with Crippen molar-refractivity contribution in [1.82, 2.24) is 30.3 Å². The van der Waals surface area contributed by atoms with E-state index < -0.39 is 0 Å². The molecule has 1 amide bonds. The highest BCUT2D eigenvalue weighted by Gasteiger charge is 2.15. The monoisotopic (exact) mass is 423 g/mol. The summed E-state index contributed by atoms with van der Waals surface area (Å²) in [5.41, 5.74) is 0. The average Bonchev–Trinajstić information content (AvgIpc) is 3.09. The molecule has 9 heteroatoms. The summed E-state index contributed by atoms with van der Waals surface area (Å²) in [6.07, 6.45) is 10.8. The zero-order valence-electron chi connectivity index (χ0n) is 18.0. The Morgan fingerprint density at radius 2 is 2.07 bits per heavy atom. The predicted molar refractivity (Wildman–Crippen MR) is 120 cm³/mol. The lowest BCUT2D eigenvalue weighted by Gasteiger charge is -2.20. The van der Waals surface area contributed by atoms with Gasteiger partial charge in [-0.25, -0.2) is 0 Å². The van der Waals surface area contributed by atoms with Gasteiger partial charge in [0.2, 0.25) is 5.91 Å². The standard InChI is InChI=1S/C20H37N7OS/c1-3-18-25-24-17-27(18)15-12-23-20(22-11-8-16-29-2)21-10-7-14-26-13-6-4-5-9-19(26)28/h17H,3-16H2,1-2H3,(H2,21,22,23). The third kappa shape index (κ3) is 9.06. The molecule has 1 fully saturated rings. The quantitative estimate of drug-likeness (QED) is 0.303. The van der Waals surface area contributed by atoms with Gasteiger partial charge in [-0.1, -0.05) is 13.3 Å². The number of carbonyl (C=O) groups excluding carboxylic acids is 1. The van der Waals surface area contributed by atoms with E-state index in [1.54, 1.807) is 6.33 Å². The Bertz CT molecular complexity index is 620. The highest BCUT2D eigenvalue weighted by molar-refractivity contribution is 7.98. The first-order chi connectivity index (χ1) is 14.2. The van der Waals surface area contributed by atoms with Crippen LogP contribution in [0.25, 0.3) is 0 Å². The maximum absolute atomic E-state index is 12.1. The van der Waals surface area contributed by atoms with Gasteiger partial charge in [-0.15, -0.1) is 10.2 Å². The lowest BCUT2D eigenvalue weighted by Crippen LogP contribution is -2.40. The first kappa shape index (κ1) is 23.5. The van der Waals surface area contributed by atoms with Crippen LogP contribution in [0.1, 0.15) is 51.3 Å². The molecular formula is C20H37N7OS. The summed E-state index contributed by atoms with van der Waals surface area (Å²) in [5.74, 6) is 3.29. The van der Waals surface area contributed by atoms with Gasteiger partial charge in [0.25, 0.3) is 0 Å². The molecule has 0 atom stereocenters. The molecule has 8 nitrogen and oxygen atoms in total. The second-order valence-corrected chi connectivity index (χ2v) is 8.25. The van der Waals surface area contributed by atoms with E-state index in [2.05, 4.69) is 38.6 Å². The van der Waals surface area contributed by atoms with Gasteiger partial charge in [0.15, 0.2) is 5.96 Å². The summed E-state index contributed by atoms with van der Waals surface area (Å²) in [5, 5.41) is 15.0. The minimum Gasteiger partial charge on any atom is -0.356 e. The van der Waals surface area contributed by atoms with Crippen LogP contribution < -0.4 is 10.6 Å². The maximum Gasteiger partial charge on any atom is 0.222 e. The van der Waals surface area contributed by atoms with Gasteiger partial charge in [0.05, 0.1) is 0 Å². The third-order valence-electron chi connectivity index (χ3n) is 5.00. The number of hydrogen-bond donors (Lipinski definition) is 2. The number of rotatable bonds is 12. The van der Waals surface area contributed by atoms with Crippen molar-refractivity contribution in [3.8, 4) is 0 Å². The lowest BCUT2D eigenvalue weighted by atomic mass is 10.2. The Morgan fingerprint density at radius 3 is 2.90 bits per heavy atom. The number of nitrogens with zero attached hydrogens (tertiary/aromatic N) is 5. The van der Waals surface area contributed by atoms with Gasteiger partial charge in [-0.2, -0.15) is 11.8 Å². The number of aliphatic imine (C=N–C) groups is 1. The fourth-order valence-electron chi connectivity index (χ4n) is 3.36. The smallest absolute Gasteiger partial charge is 0.222 e. The van der Waals surface area contributed by atoms with Crippen LogP contribution in [0.4, 0.5) is 0 Å². The fourth-order valence-corrected chi connectivity index (χ4v) is 3.79. The van der Waals surface area contributed by atoms with Crippen LogP contribution >= 0.6 is 11.8 Å². The van der Waals surface area contributed by atoms with Crippen LogP contribution in [0.5, 0.6) is 0 Å². The number of likely N-dealkylation sites (tertiary alicyclic amines) is 1. The summed E-state index contributed by atoms with van der Waals surface area (Å²) in [6, 6.07) is 0. The molecule has 2 heterocycles. The molecule has 2 N–H and O–H groups in total. The SMILES string of the molecule is CCc1nncn1CCNC(=NCCCN1CCCCCC1=O)NCCCSC. The van der Waals surface area contributed by atoms with E-state index >= 15 is 0 Å². The molecule has 2 rings (SSSR count). The number of aryl methyl sites for hydroxylation is 1. The van der Waals surface area contributed by atoms with Crippen molar-refractivity contribution in [3.63, 3.8) is 0 Å². The second kappa shape index (κ2) is 14.3. The molecule has 29 heavy (non-hydrogen) atoms. The van der Waals surface area contributed by atoms with Crippen LogP contribution in [-0.4, -0.2) is 76.3 Å². The molecule has 0 aromatic carbocycles. The van der Waals surface area contributed by atoms with E-state index in [-0.39, 0.29) is 0 Å². The van der Waals surface area contributed by atoms with E-state index in [4.69, 9.17) is 4.99 Å². The number of hydrogen-bond acceptors (Lipinski definition) is 5. The van der Waals surface area contributed by atoms with E-state index in [0.29, 0.717) is 18.9 Å². The van der Waals surface area contributed by atoms with E-state index in [9.17, 15) is 4.79 Å². The Hall–Kier alpha value is -1.77. The van der Waals surface area contributed by atoms with Gasteiger partial charge >= 0.3 is 0 Å². The van der Waals surface area contributed by atoms with Crippen molar-refractivity contribution in [3.05, 3.63) is 12.2 Å². The van der Waals surface area contributed by atoms with Gasteiger partial charge < -0.3 is 20.1 Å². The highest BCUT2D eigenvalue weighted by Crippen LogP contribution is 2.11. The fraction of sp³-hybridized carbons (Fsp3) is 0.800. The topological polar surface area (TPSA) is 87.4 Å². The number of thioether (sulfide) groups is 1. The largest absolute Gasteiger partial charge is 0.356 e. The molecule has 1 aromatic heterocycles. The molecule has 0 unspecified atom stereocenters. The molecule has 1 aliphatic rings. The van der Waals surface area contributed by atoms with Gasteiger partial charge in [-0.3, -0.25) is 9.79 Å². The molecule has 1 saturated heterocycles. The average molecular weight is 424 g/mol. The number of carbonyl (C=O) groups is 1. The highest BCUT2D eigenvalue weighted by atomic mass is 32.2. The van der Waals surface area contributed by atoms with E-state index in [1.807, 2.05) is 16.7 Å². The normalized spacial score (nSPS) is 15.4. The second-order valence-electron chi connectivity index (χ2n) is 7.27. The Morgan fingerprint density at radius 1 is 1.21 bits per heavy atom. The molecule has 0 saturated carbocycles. The van der Waals surface area contributed by atoms with E-state index in [0.717, 1.165) is 82.4 Å². The molecule has 164 valence electrons. The van der Waals surface area contributed by atoms with Crippen LogP contribution in [0, 0.1) is 0 Å². The molecule has 0 aliphatic carbocycles. The lowest BCUT2D eigenvalue weighted by molar-refractivity contribution is -0.130. The Kier molecular flexibility index (Phi) is 11.6. The minimum absolute atomic E-state index is 0.306. The van der Waals surface area contributed by atoms with Gasteiger partial charge in [0, 0.05) is 52.1 Å². The van der Waals surface area contributed by atoms with Gasteiger partial charge in [-0.05, 0) is 37.7 Å². The summed E-state index contributed by atoms with van der Waals surface area (Å²) in [7, 11) is 0. The maximum atomic E-state index is 12.1.